The Bertz CT molecular complexity index is 514. The fourth-order valence-corrected chi connectivity index (χ4v) is 1.56. The first-order chi connectivity index (χ1) is 8.66. The standard InChI is InChI=1S/C12H13F2N3O/c1-8-10(17-7-16-8)6-15-9-4-2-3-5-11(9)18-12(13)14/h2-5,7,12,15H,6H2,1H3,(H,16,17). The number of benzene rings is 1. The number of alkyl halides is 2. The summed E-state index contributed by atoms with van der Waals surface area (Å²) in [4.78, 5) is 7.06. The van der Waals surface area contributed by atoms with Gasteiger partial charge in [0.1, 0.15) is 5.75 Å². The molecule has 1 heterocycles. The zero-order chi connectivity index (χ0) is 13.0. The Hall–Kier alpha value is -2.11. The number of para-hydroxylation sites is 2. The SMILES string of the molecule is Cc1[nH]cnc1CNc1ccccc1OC(F)F. The number of hydrogen-bond donors (Lipinski definition) is 2. The number of aryl methyl sites for hydroxylation is 1. The monoisotopic (exact) mass is 253 g/mol. The summed E-state index contributed by atoms with van der Waals surface area (Å²) in [5.41, 5.74) is 2.29. The van der Waals surface area contributed by atoms with Crippen molar-refractivity contribution >= 4 is 5.69 Å². The molecule has 0 bridgehead atoms. The average molecular weight is 253 g/mol. The number of H-pyrrole nitrogens is 1. The smallest absolute Gasteiger partial charge is 0.387 e. The summed E-state index contributed by atoms with van der Waals surface area (Å²) >= 11 is 0. The van der Waals surface area contributed by atoms with Gasteiger partial charge >= 0.3 is 6.61 Å². The lowest BCUT2D eigenvalue weighted by atomic mass is 10.2. The van der Waals surface area contributed by atoms with E-state index in [0.29, 0.717) is 12.2 Å². The molecule has 0 aliphatic carbocycles. The van der Waals surface area contributed by atoms with Crippen LogP contribution in [-0.2, 0) is 6.54 Å². The van der Waals surface area contributed by atoms with E-state index < -0.39 is 6.61 Å². The van der Waals surface area contributed by atoms with Gasteiger partial charge in [-0.1, -0.05) is 12.1 Å². The van der Waals surface area contributed by atoms with Crippen LogP contribution in [-0.4, -0.2) is 16.6 Å². The minimum Gasteiger partial charge on any atom is -0.433 e. The Morgan fingerprint density at radius 3 is 2.83 bits per heavy atom. The van der Waals surface area contributed by atoms with E-state index in [-0.39, 0.29) is 5.75 Å². The van der Waals surface area contributed by atoms with Crippen molar-refractivity contribution in [3.63, 3.8) is 0 Å². The molecule has 2 aromatic rings. The second-order valence-electron chi connectivity index (χ2n) is 3.70. The van der Waals surface area contributed by atoms with Crippen molar-refractivity contribution in [2.75, 3.05) is 5.32 Å². The third-order valence-electron chi connectivity index (χ3n) is 2.48. The Morgan fingerprint density at radius 1 is 1.39 bits per heavy atom. The molecule has 2 N–H and O–H groups in total. The van der Waals surface area contributed by atoms with Crippen LogP contribution in [0.4, 0.5) is 14.5 Å². The van der Waals surface area contributed by atoms with Crippen LogP contribution in [0.15, 0.2) is 30.6 Å². The van der Waals surface area contributed by atoms with E-state index in [1.807, 2.05) is 6.92 Å². The largest absolute Gasteiger partial charge is 0.433 e. The van der Waals surface area contributed by atoms with Crippen molar-refractivity contribution in [1.29, 1.82) is 0 Å². The predicted molar refractivity (Wildman–Crippen MR) is 63.7 cm³/mol. The molecular formula is C12H13F2N3O. The number of nitrogens with zero attached hydrogens (tertiary/aromatic N) is 1. The molecule has 0 aliphatic rings. The molecule has 1 aromatic carbocycles. The number of hydrogen-bond acceptors (Lipinski definition) is 3. The molecule has 0 aliphatic heterocycles. The van der Waals surface area contributed by atoms with E-state index in [0.717, 1.165) is 11.4 Å². The molecule has 6 heteroatoms. The third-order valence-corrected chi connectivity index (χ3v) is 2.48. The molecule has 0 amide bonds. The molecule has 4 nitrogen and oxygen atoms in total. The quantitative estimate of drug-likeness (QED) is 0.861. The highest BCUT2D eigenvalue weighted by molar-refractivity contribution is 5.56. The second kappa shape index (κ2) is 5.48. The van der Waals surface area contributed by atoms with Crippen molar-refractivity contribution < 1.29 is 13.5 Å². The first-order valence-electron chi connectivity index (χ1n) is 5.43. The maximum atomic E-state index is 12.2. The van der Waals surface area contributed by atoms with Crippen LogP contribution in [0.5, 0.6) is 5.75 Å². The van der Waals surface area contributed by atoms with Crippen LogP contribution in [0.2, 0.25) is 0 Å². The molecule has 1 aromatic heterocycles. The molecule has 2 rings (SSSR count). The fraction of sp³-hybridized carbons (Fsp3) is 0.250. The highest BCUT2D eigenvalue weighted by atomic mass is 19.3. The lowest BCUT2D eigenvalue weighted by Gasteiger charge is -2.11. The summed E-state index contributed by atoms with van der Waals surface area (Å²) in [6, 6.07) is 6.56. The van der Waals surface area contributed by atoms with Gasteiger partial charge in [0.15, 0.2) is 0 Å². The molecule has 18 heavy (non-hydrogen) atoms. The average Bonchev–Trinajstić information content (AvgIpc) is 2.73. The van der Waals surface area contributed by atoms with E-state index in [1.165, 1.54) is 6.07 Å². The van der Waals surface area contributed by atoms with Gasteiger partial charge in [0.2, 0.25) is 0 Å². The third kappa shape index (κ3) is 2.97. The molecule has 0 spiro atoms. The van der Waals surface area contributed by atoms with E-state index in [2.05, 4.69) is 20.0 Å². The van der Waals surface area contributed by atoms with Gasteiger partial charge in [0, 0.05) is 5.69 Å². The van der Waals surface area contributed by atoms with Crippen molar-refractivity contribution in [1.82, 2.24) is 9.97 Å². The molecule has 96 valence electrons. The fourth-order valence-electron chi connectivity index (χ4n) is 1.56. The summed E-state index contributed by atoms with van der Waals surface area (Å²) in [5.74, 6) is 0.126. The number of halogens is 2. The lowest BCUT2D eigenvalue weighted by molar-refractivity contribution is -0.0493. The Morgan fingerprint density at radius 2 is 2.17 bits per heavy atom. The zero-order valence-corrected chi connectivity index (χ0v) is 9.78. The minimum atomic E-state index is -2.83. The summed E-state index contributed by atoms with van der Waals surface area (Å²) < 4.78 is 28.8. The maximum Gasteiger partial charge on any atom is 0.387 e. The summed E-state index contributed by atoms with van der Waals surface area (Å²) in [6.07, 6.45) is 1.59. The second-order valence-corrected chi connectivity index (χ2v) is 3.70. The van der Waals surface area contributed by atoms with Gasteiger partial charge in [-0.15, -0.1) is 0 Å². The van der Waals surface area contributed by atoms with Crippen LogP contribution in [0.25, 0.3) is 0 Å². The maximum absolute atomic E-state index is 12.2. The Balaban J connectivity index is 2.07. The first-order valence-corrected chi connectivity index (χ1v) is 5.43. The van der Waals surface area contributed by atoms with Gasteiger partial charge in [0.25, 0.3) is 0 Å². The lowest BCUT2D eigenvalue weighted by Crippen LogP contribution is -2.07. The van der Waals surface area contributed by atoms with Crippen molar-refractivity contribution in [3.05, 3.63) is 42.0 Å². The van der Waals surface area contributed by atoms with E-state index in [4.69, 9.17) is 0 Å². The van der Waals surface area contributed by atoms with Crippen molar-refractivity contribution in [2.24, 2.45) is 0 Å². The number of anilines is 1. The number of imidazole rings is 1. The number of aromatic nitrogens is 2. The topological polar surface area (TPSA) is 49.9 Å². The number of ether oxygens (including phenoxy) is 1. The van der Waals surface area contributed by atoms with Crippen LogP contribution in [0.1, 0.15) is 11.4 Å². The van der Waals surface area contributed by atoms with E-state index in [1.54, 1.807) is 24.5 Å². The van der Waals surface area contributed by atoms with Crippen LogP contribution in [0.3, 0.4) is 0 Å². The summed E-state index contributed by atoms with van der Waals surface area (Å²) in [5, 5.41) is 3.02. The van der Waals surface area contributed by atoms with E-state index in [9.17, 15) is 8.78 Å². The number of rotatable bonds is 5. The van der Waals surface area contributed by atoms with Crippen molar-refractivity contribution in [2.45, 2.75) is 20.1 Å². The molecule has 0 unspecified atom stereocenters. The number of aromatic amines is 1. The van der Waals surface area contributed by atoms with E-state index >= 15 is 0 Å². The van der Waals surface area contributed by atoms with Crippen LogP contribution in [0, 0.1) is 6.92 Å². The van der Waals surface area contributed by atoms with Gasteiger partial charge in [0.05, 0.1) is 24.3 Å². The molecule has 0 atom stereocenters. The Labute approximate surface area is 103 Å². The van der Waals surface area contributed by atoms with Gasteiger partial charge in [-0.05, 0) is 19.1 Å². The highest BCUT2D eigenvalue weighted by Crippen LogP contribution is 2.25. The van der Waals surface area contributed by atoms with Crippen molar-refractivity contribution in [3.8, 4) is 5.75 Å². The molecule has 0 saturated heterocycles. The normalized spacial score (nSPS) is 10.7. The summed E-state index contributed by atoms with van der Waals surface area (Å²) in [7, 11) is 0. The van der Waals surface area contributed by atoms with Gasteiger partial charge in [-0.25, -0.2) is 4.98 Å². The minimum absolute atomic E-state index is 0.126. The molecule has 0 fully saturated rings. The van der Waals surface area contributed by atoms with Gasteiger partial charge in [-0.3, -0.25) is 0 Å². The van der Waals surface area contributed by atoms with Crippen LogP contribution < -0.4 is 10.1 Å². The molecular weight excluding hydrogens is 240 g/mol. The van der Waals surface area contributed by atoms with Crippen LogP contribution >= 0.6 is 0 Å². The predicted octanol–water partition coefficient (Wildman–Crippen LogP) is 2.93. The van der Waals surface area contributed by atoms with Gasteiger partial charge in [-0.2, -0.15) is 8.78 Å². The molecule has 0 saturated carbocycles. The zero-order valence-electron chi connectivity index (χ0n) is 9.78. The number of nitrogens with one attached hydrogen (secondary N) is 2. The van der Waals surface area contributed by atoms with Gasteiger partial charge < -0.3 is 15.0 Å². The Kier molecular flexibility index (Phi) is 3.76. The highest BCUT2D eigenvalue weighted by Gasteiger charge is 2.09. The summed E-state index contributed by atoms with van der Waals surface area (Å²) in [6.45, 7) is -0.495. The first kappa shape index (κ1) is 12.3. The molecule has 0 radical (unpaired) electrons.